The normalized spacial score (nSPS) is 18.7. The summed E-state index contributed by atoms with van der Waals surface area (Å²) in [5.41, 5.74) is 4.65. The van der Waals surface area contributed by atoms with Crippen molar-refractivity contribution < 1.29 is 4.79 Å². The first-order chi connectivity index (χ1) is 14.5. The summed E-state index contributed by atoms with van der Waals surface area (Å²) in [5, 5.41) is 3.74. The summed E-state index contributed by atoms with van der Waals surface area (Å²) < 4.78 is 0. The van der Waals surface area contributed by atoms with Crippen LogP contribution in [0.1, 0.15) is 33.9 Å². The molecule has 0 spiro atoms. The maximum Gasteiger partial charge on any atom is 0.251 e. The quantitative estimate of drug-likeness (QED) is 0.794. The first-order valence-electron chi connectivity index (χ1n) is 10.8. The van der Waals surface area contributed by atoms with Gasteiger partial charge in [0.1, 0.15) is 0 Å². The van der Waals surface area contributed by atoms with Crippen LogP contribution < -0.4 is 10.2 Å². The largest absolute Gasteiger partial charge is 0.374 e. The van der Waals surface area contributed by atoms with Crippen LogP contribution in [0.2, 0.25) is 5.02 Å². The number of hydrogen-bond acceptors (Lipinski definition) is 4. The van der Waals surface area contributed by atoms with Gasteiger partial charge >= 0.3 is 0 Å². The second-order valence-electron chi connectivity index (χ2n) is 8.49. The van der Waals surface area contributed by atoms with Gasteiger partial charge in [-0.05, 0) is 55.3 Å². The minimum Gasteiger partial charge on any atom is -0.374 e. The van der Waals surface area contributed by atoms with Crippen LogP contribution in [0.4, 0.5) is 5.69 Å². The minimum absolute atomic E-state index is 0.0747. The molecule has 1 atom stereocenters. The van der Waals surface area contributed by atoms with Gasteiger partial charge in [0.2, 0.25) is 0 Å². The Hall–Kier alpha value is -2.08. The molecule has 1 fully saturated rings. The monoisotopic (exact) mass is 426 g/mol. The topological polar surface area (TPSA) is 38.8 Å². The van der Waals surface area contributed by atoms with Gasteiger partial charge in [-0.2, -0.15) is 0 Å². The number of piperazine rings is 1. The van der Waals surface area contributed by atoms with E-state index in [4.69, 9.17) is 11.6 Å². The molecule has 1 amide bonds. The predicted octanol–water partition coefficient (Wildman–Crippen LogP) is 3.44. The smallest absolute Gasteiger partial charge is 0.251 e. The molecule has 0 saturated carbocycles. The molecular formula is C24H31ClN4O. The lowest BCUT2D eigenvalue weighted by atomic mass is 9.95. The molecule has 160 valence electrons. The Kier molecular flexibility index (Phi) is 6.61. The Labute approximate surface area is 184 Å². The number of carbonyl (C=O) groups is 1. The van der Waals surface area contributed by atoms with Crippen molar-refractivity contribution in [1.82, 2.24) is 15.1 Å². The standard InChI is InChI=1S/C24H31ClN4O/c1-27-11-13-29(14-12-27)23(17-26-24(30)20-5-3-7-21(25)16-20)19-8-9-22-18(15-19)6-4-10-28(22)2/h3,5,7-9,15-16,23H,4,6,10-14,17H2,1-2H3,(H,26,30)/t23-/m1/s1. The molecule has 5 nitrogen and oxygen atoms in total. The molecule has 6 heteroatoms. The van der Waals surface area contributed by atoms with E-state index in [0.29, 0.717) is 17.1 Å². The van der Waals surface area contributed by atoms with Crippen molar-refractivity contribution in [2.75, 3.05) is 58.3 Å². The summed E-state index contributed by atoms with van der Waals surface area (Å²) in [7, 11) is 4.34. The first-order valence-corrected chi connectivity index (χ1v) is 11.2. The molecule has 2 aromatic carbocycles. The summed E-state index contributed by atoms with van der Waals surface area (Å²) in [4.78, 5) is 19.9. The Morgan fingerprint density at radius 2 is 1.87 bits per heavy atom. The van der Waals surface area contributed by atoms with Crippen LogP contribution in [0.15, 0.2) is 42.5 Å². The molecule has 4 rings (SSSR count). The number of carbonyl (C=O) groups excluding carboxylic acids is 1. The SMILES string of the molecule is CN1CCN([C@H](CNC(=O)c2cccc(Cl)c2)c2ccc3c(c2)CCCN3C)CC1. The van der Waals surface area contributed by atoms with Gasteiger partial charge in [-0.25, -0.2) is 0 Å². The fraction of sp³-hybridized carbons (Fsp3) is 0.458. The number of nitrogens with zero attached hydrogens (tertiary/aromatic N) is 3. The van der Waals surface area contributed by atoms with Crippen LogP contribution in [0.25, 0.3) is 0 Å². The summed E-state index contributed by atoms with van der Waals surface area (Å²) in [6.07, 6.45) is 2.31. The van der Waals surface area contributed by atoms with Crippen molar-refractivity contribution >= 4 is 23.2 Å². The van der Waals surface area contributed by atoms with Gasteiger partial charge in [-0.15, -0.1) is 0 Å². The number of fused-ring (bicyclic) bond motifs is 1. The van der Waals surface area contributed by atoms with Crippen molar-refractivity contribution in [2.24, 2.45) is 0 Å². The Balaban J connectivity index is 1.55. The second kappa shape index (κ2) is 9.38. The fourth-order valence-electron chi connectivity index (χ4n) is 4.52. The minimum atomic E-state index is -0.0747. The van der Waals surface area contributed by atoms with Gasteiger partial charge in [-0.1, -0.05) is 29.8 Å². The van der Waals surface area contributed by atoms with Crippen molar-refractivity contribution in [3.05, 3.63) is 64.2 Å². The van der Waals surface area contributed by atoms with Crippen molar-refractivity contribution in [3.8, 4) is 0 Å². The molecule has 1 saturated heterocycles. The van der Waals surface area contributed by atoms with E-state index in [1.54, 1.807) is 18.2 Å². The highest BCUT2D eigenvalue weighted by molar-refractivity contribution is 6.30. The van der Waals surface area contributed by atoms with E-state index in [1.807, 2.05) is 6.07 Å². The zero-order valence-electron chi connectivity index (χ0n) is 17.9. The molecule has 0 bridgehead atoms. The van der Waals surface area contributed by atoms with Gasteiger partial charge in [0.15, 0.2) is 0 Å². The van der Waals surface area contributed by atoms with Crippen LogP contribution in [-0.4, -0.2) is 69.1 Å². The summed E-state index contributed by atoms with van der Waals surface area (Å²) in [5.74, 6) is -0.0747. The molecule has 2 aromatic rings. The summed E-state index contributed by atoms with van der Waals surface area (Å²) >= 11 is 6.07. The maximum atomic E-state index is 12.7. The van der Waals surface area contributed by atoms with E-state index in [0.717, 1.165) is 39.1 Å². The Morgan fingerprint density at radius 1 is 1.07 bits per heavy atom. The van der Waals surface area contributed by atoms with Gasteiger partial charge in [0.05, 0.1) is 6.04 Å². The zero-order valence-corrected chi connectivity index (χ0v) is 18.7. The molecule has 0 unspecified atom stereocenters. The highest BCUT2D eigenvalue weighted by Crippen LogP contribution is 2.31. The third-order valence-corrected chi connectivity index (χ3v) is 6.60. The molecule has 0 aromatic heterocycles. The van der Waals surface area contributed by atoms with E-state index in [2.05, 4.69) is 52.3 Å². The molecular weight excluding hydrogens is 396 g/mol. The average molecular weight is 427 g/mol. The molecule has 0 radical (unpaired) electrons. The van der Waals surface area contributed by atoms with Gasteiger partial charge < -0.3 is 15.1 Å². The molecule has 0 aliphatic carbocycles. The summed E-state index contributed by atoms with van der Waals surface area (Å²) in [6.45, 7) is 5.81. The molecule has 2 heterocycles. The van der Waals surface area contributed by atoms with E-state index >= 15 is 0 Å². The Morgan fingerprint density at radius 3 is 2.63 bits per heavy atom. The Bertz CT molecular complexity index is 895. The number of likely N-dealkylation sites (N-methyl/N-ethyl adjacent to an activating group) is 1. The third-order valence-electron chi connectivity index (χ3n) is 6.36. The highest BCUT2D eigenvalue weighted by Gasteiger charge is 2.26. The molecule has 1 N–H and O–H groups in total. The number of hydrogen-bond donors (Lipinski definition) is 1. The van der Waals surface area contributed by atoms with Crippen molar-refractivity contribution in [2.45, 2.75) is 18.9 Å². The van der Waals surface area contributed by atoms with E-state index in [1.165, 1.54) is 23.2 Å². The van der Waals surface area contributed by atoms with Crippen LogP contribution in [-0.2, 0) is 6.42 Å². The number of nitrogens with one attached hydrogen (secondary N) is 1. The molecule has 30 heavy (non-hydrogen) atoms. The number of halogens is 1. The van der Waals surface area contributed by atoms with E-state index in [9.17, 15) is 4.79 Å². The number of rotatable bonds is 5. The van der Waals surface area contributed by atoms with Gasteiger partial charge in [-0.3, -0.25) is 9.69 Å². The first kappa shape index (κ1) is 21.2. The zero-order chi connectivity index (χ0) is 21.1. The van der Waals surface area contributed by atoms with Crippen molar-refractivity contribution in [1.29, 1.82) is 0 Å². The molecule has 2 aliphatic heterocycles. The number of benzene rings is 2. The van der Waals surface area contributed by atoms with Crippen LogP contribution in [0.3, 0.4) is 0 Å². The lowest BCUT2D eigenvalue weighted by Gasteiger charge is -2.39. The van der Waals surface area contributed by atoms with Crippen LogP contribution in [0, 0.1) is 0 Å². The predicted molar refractivity (Wildman–Crippen MR) is 124 cm³/mol. The number of aryl methyl sites for hydroxylation is 1. The number of amides is 1. The second-order valence-corrected chi connectivity index (χ2v) is 8.93. The summed E-state index contributed by atoms with van der Waals surface area (Å²) in [6, 6.07) is 14.2. The van der Waals surface area contributed by atoms with Crippen LogP contribution >= 0.6 is 11.6 Å². The van der Waals surface area contributed by atoms with E-state index in [-0.39, 0.29) is 11.9 Å². The fourth-order valence-corrected chi connectivity index (χ4v) is 4.72. The van der Waals surface area contributed by atoms with E-state index < -0.39 is 0 Å². The maximum absolute atomic E-state index is 12.7. The van der Waals surface area contributed by atoms with Crippen LogP contribution in [0.5, 0.6) is 0 Å². The van der Waals surface area contributed by atoms with Crippen molar-refractivity contribution in [3.63, 3.8) is 0 Å². The average Bonchev–Trinajstić information content (AvgIpc) is 2.75. The lowest BCUT2D eigenvalue weighted by molar-refractivity contribution is 0.0886. The molecule has 2 aliphatic rings. The lowest BCUT2D eigenvalue weighted by Crippen LogP contribution is -2.48. The van der Waals surface area contributed by atoms with Gasteiger partial charge in [0.25, 0.3) is 5.91 Å². The highest BCUT2D eigenvalue weighted by atomic mass is 35.5. The third kappa shape index (κ3) is 4.80. The number of anilines is 1. The van der Waals surface area contributed by atoms with Gasteiger partial charge in [0, 0.05) is 62.6 Å².